The van der Waals surface area contributed by atoms with E-state index in [1.807, 2.05) is 0 Å². The fourth-order valence-electron chi connectivity index (χ4n) is 4.25. The highest BCUT2D eigenvalue weighted by Gasteiger charge is 2.21. The molecule has 0 saturated carbocycles. The number of nitrogens with two attached hydrogens (primary N) is 1. The molecule has 4 N–H and O–H groups in total. The van der Waals surface area contributed by atoms with Crippen molar-refractivity contribution < 1.29 is 19.4 Å². The van der Waals surface area contributed by atoms with Crippen molar-refractivity contribution in [1.29, 1.82) is 0 Å². The highest BCUT2D eigenvalue weighted by molar-refractivity contribution is 6.33. The number of phenols is 1. The lowest BCUT2D eigenvalue weighted by Crippen LogP contribution is -2.39. The molecule has 1 aliphatic rings. The zero-order valence-corrected chi connectivity index (χ0v) is 20.4. The van der Waals surface area contributed by atoms with Gasteiger partial charge in [0.15, 0.2) is 5.78 Å². The summed E-state index contributed by atoms with van der Waals surface area (Å²) in [6.45, 7) is 3.69. The number of piperidine rings is 1. The van der Waals surface area contributed by atoms with E-state index in [2.05, 4.69) is 10.2 Å². The number of nitrogens with one attached hydrogen (secondary N) is 1. The number of ether oxygens (including phenoxy) is 1. The number of hydrogen-bond donors (Lipinski definition) is 3. The number of nitrogens with zero attached hydrogens (tertiary/aromatic N) is 1. The van der Waals surface area contributed by atoms with E-state index in [-0.39, 0.29) is 17.4 Å². The van der Waals surface area contributed by atoms with Crippen LogP contribution in [0.15, 0.2) is 36.4 Å². The van der Waals surface area contributed by atoms with Crippen molar-refractivity contribution in [1.82, 2.24) is 10.2 Å². The lowest BCUT2D eigenvalue weighted by atomic mass is 9.96. The zero-order chi connectivity index (χ0) is 24.5. The van der Waals surface area contributed by atoms with Crippen molar-refractivity contribution in [2.45, 2.75) is 38.5 Å². The Bertz CT molecular complexity index is 973. The maximum Gasteiger partial charge on any atom is 0.255 e. The summed E-state index contributed by atoms with van der Waals surface area (Å²) in [5.41, 5.74) is 7.22. The monoisotopic (exact) mass is 487 g/mol. The molecule has 0 atom stereocenters. The Morgan fingerprint density at radius 3 is 2.53 bits per heavy atom. The van der Waals surface area contributed by atoms with Gasteiger partial charge in [0.1, 0.15) is 11.5 Å². The number of amides is 1. The van der Waals surface area contributed by atoms with Crippen LogP contribution in [0.25, 0.3) is 0 Å². The third-order valence-electron chi connectivity index (χ3n) is 6.39. The first-order valence-corrected chi connectivity index (χ1v) is 12.2. The molecule has 34 heavy (non-hydrogen) atoms. The maximum atomic E-state index is 12.6. The van der Waals surface area contributed by atoms with Gasteiger partial charge in [0.2, 0.25) is 0 Å². The lowest BCUT2D eigenvalue weighted by Gasteiger charge is -2.32. The number of ketones is 1. The van der Waals surface area contributed by atoms with Gasteiger partial charge in [-0.05, 0) is 81.6 Å². The summed E-state index contributed by atoms with van der Waals surface area (Å²) in [4.78, 5) is 27.3. The molecule has 0 unspecified atom stereocenters. The minimum atomic E-state index is -0.206. The molecular formula is C26H34ClN3O4. The number of benzene rings is 2. The number of carbonyl (C=O) groups excluding carboxylic acids is 2. The van der Waals surface area contributed by atoms with Crippen molar-refractivity contribution in [3.8, 4) is 11.5 Å². The van der Waals surface area contributed by atoms with Crippen LogP contribution in [-0.4, -0.2) is 55.0 Å². The van der Waals surface area contributed by atoms with Gasteiger partial charge < -0.3 is 25.8 Å². The van der Waals surface area contributed by atoms with Crippen LogP contribution in [0.5, 0.6) is 11.5 Å². The molecule has 184 valence electrons. The summed E-state index contributed by atoms with van der Waals surface area (Å²) < 4.78 is 5.27. The molecular weight excluding hydrogens is 454 g/mol. The largest absolute Gasteiger partial charge is 0.508 e. The van der Waals surface area contributed by atoms with Crippen LogP contribution in [-0.2, 0) is 0 Å². The first-order valence-electron chi connectivity index (χ1n) is 11.8. The third-order valence-corrected chi connectivity index (χ3v) is 6.72. The second kappa shape index (κ2) is 12.6. The van der Waals surface area contributed by atoms with Gasteiger partial charge in [0.05, 0.1) is 23.4 Å². The Kier molecular flexibility index (Phi) is 9.60. The van der Waals surface area contributed by atoms with E-state index >= 15 is 0 Å². The van der Waals surface area contributed by atoms with E-state index in [4.69, 9.17) is 22.1 Å². The number of carbonyl (C=O) groups is 2. The molecule has 0 aromatic heterocycles. The summed E-state index contributed by atoms with van der Waals surface area (Å²) in [5, 5.41) is 12.7. The number of nitrogen functional groups attached to an aromatic ring is 1. The summed E-state index contributed by atoms with van der Waals surface area (Å²) in [7, 11) is 1.50. The normalized spacial score (nSPS) is 14.6. The van der Waals surface area contributed by atoms with Gasteiger partial charge in [-0.2, -0.15) is 0 Å². The van der Waals surface area contributed by atoms with Crippen molar-refractivity contribution >= 4 is 29.0 Å². The van der Waals surface area contributed by atoms with Gasteiger partial charge in [0, 0.05) is 24.6 Å². The number of aromatic hydroxyl groups is 1. The Hall–Kier alpha value is -2.77. The number of rotatable bonds is 11. The van der Waals surface area contributed by atoms with Crippen molar-refractivity contribution in [2.24, 2.45) is 5.92 Å². The SMILES string of the molecule is COc1cc(N)c(Cl)cc1C(=O)NCC1CCN(CCCCCC(=O)c2ccc(O)cc2)CC1. The van der Waals surface area contributed by atoms with Crippen molar-refractivity contribution in [3.05, 3.63) is 52.5 Å². The molecule has 7 nitrogen and oxygen atoms in total. The second-order valence-corrected chi connectivity index (χ2v) is 9.26. The standard InChI is InChI=1S/C26H34ClN3O4/c1-34-25-16-23(28)22(27)15-21(25)26(33)29-17-18-10-13-30(14-11-18)12-4-2-3-5-24(32)19-6-8-20(31)9-7-19/h6-9,15-16,18,31H,2-5,10-14,17,28H2,1H3,(H,29,33). The number of Topliss-reactive ketones (excluding diaryl/α,β-unsaturated/α-hetero) is 1. The quantitative estimate of drug-likeness (QED) is 0.244. The fourth-order valence-corrected chi connectivity index (χ4v) is 4.41. The average molecular weight is 488 g/mol. The minimum absolute atomic E-state index is 0.127. The van der Waals surface area contributed by atoms with E-state index in [0.29, 0.717) is 46.5 Å². The Balaban J connectivity index is 1.30. The Labute approximate surface area is 206 Å². The molecule has 0 aliphatic carbocycles. The van der Waals surface area contributed by atoms with Gasteiger partial charge in [0.25, 0.3) is 5.91 Å². The Morgan fingerprint density at radius 1 is 1.15 bits per heavy atom. The molecule has 1 saturated heterocycles. The summed E-state index contributed by atoms with van der Waals surface area (Å²) in [6, 6.07) is 9.56. The number of halogens is 1. The summed E-state index contributed by atoms with van der Waals surface area (Å²) in [5.74, 6) is 0.955. The van der Waals surface area contributed by atoms with Gasteiger partial charge in [-0.3, -0.25) is 9.59 Å². The number of methoxy groups -OCH3 is 1. The van der Waals surface area contributed by atoms with Crippen LogP contribution < -0.4 is 15.8 Å². The van der Waals surface area contributed by atoms with Crippen LogP contribution in [0.2, 0.25) is 5.02 Å². The third kappa shape index (κ3) is 7.37. The van der Waals surface area contributed by atoms with Gasteiger partial charge >= 0.3 is 0 Å². The number of likely N-dealkylation sites (tertiary alicyclic amines) is 1. The number of hydrogen-bond acceptors (Lipinski definition) is 6. The molecule has 0 bridgehead atoms. The lowest BCUT2D eigenvalue weighted by molar-refractivity contribution is 0.0932. The predicted octanol–water partition coefficient (Wildman–Crippen LogP) is 4.52. The first-order chi connectivity index (χ1) is 16.4. The maximum absolute atomic E-state index is 12.6. The number of anilines is 1. The minimum Gasteiger partial charge on any atom is -0.508 e. The second-order valence-electron chi connectivity index (χ2n) is 8.85. The summed E-state index contributed by atoms with van der Waals surface area (Å²) in [6.07, 6.45) is 5.59. The van der Waals surface area contributed by atoms with Crippen LogP contribution in [0.1, 0.15) is 59.2 Å². The van der Waals surface area contributed by atoms with E-state index in [0.717, 1.165) is 51.7 Å². The number of unbranched alkanes of at least 4 members (excludes halogenated alkanes) is 2. The molecule has 1 aliphatic heterocycles. The topological polar surface area (TPSA) is 105 Å². The summed E-state index contributed by atoms with van der Waals surface area (Å²) >= 11 is 6.07. The zero-order valence-electron chi connectivity index (χ0n) is 19.7. The van der Waals surface area contributed by atoms with Gasteiger partial charge in [-0.15, -0.1) is 0 Å². The van der Waals surface area contributed by atoms with Crippen LogP contribution in [0, 0.1) is 5.92 Å². The molecule has 1 fully saturated rings. The molecule has 1 heterocycles. The molecule has 2 aromatic rings. The average Bonchev–Trinajstić information content (AvgIpc) is 2.84. The molecule has 0 spiro atoms. The van der Waals surface area contributed by atoms with E-state index in [9.17, 15) is 14.7 Å². The molecule has 1 amide bonds. The van der Waals surface area contributed by atoms with Gasteiger partial charge in [-0.25, -0.2) is 0 Å². The molecule has 8 heteroatoms. The van der Waals surface area contributed by atoms with E-state index in [1.165, 1.54) is 7.11 Å². The predicted molar refractivity (Wildman–Crippen MR) is 135 cm³/mol. The van der Waals surface area contributed by atoms with Crippen LogP contribution in [0.4, 0.5) is 5.69 Å². The van der Waals surface area contributed by atoms with Crippen LogP contribution >= 0.6 is 11.6 Å². The highest BCUT2D eigenvalue weighted by Crippen LogP contribution is 2.29. The molecule has 0 radical (unpaired) electrons. The smallest absolute Gasteiger partial charge is 0.255 e. The van der Waals surface area contributed by atoms with E-state index in [1.54, 1.807) is 36.4 Å². The molecule has 3 rings (SSSR count). The molecule has 2 aromatic carbocycles. The van der Waals surface area contributed by atoms with E-state index < -0.39 is 0 Å². The fraction of sp³-hybridized carbons (Fsp3) is 0.462. The van der Waals surface area contributed by atoms with Gasteiger partial charge in [-0.1, -0.05) is 18.0 Å². The Morgan fingerprint density at radius 2 is 1.85 bits per heavy atom. The highest BCUT2D eigenvalue weighted by atomic mass is 35.5. The first kappa shape index (κ1) is 25.8. The van der Waals surface area contributed by atoms with Crippen LogP contribution in [0.3, 0.4) is 0 Å². The number of phenolic OH excluding ortho intramolecular Hbond substituents is 1. The van der Waals surface area contributed by atoms with Crippen molar-refractivity contribution in [2.75, 3.05) is 39.0 Å². The van der Waals surface area contributed by atoms with Crippen molar-refractivity contribution in [3.63, 3.8) is 0 Å².